The van der Waals surface area contributed by atoms with Crippen LogP contribution in [0.25, 0.3) is 0 Å². The van der Waals surface area contributed by atoms with Crippen LogP contribution in [0.1, 0.15) is 41.0 Å². The van der Waals surface area contributed by atoms with Crippen LogP contribution in [0.5, 0.6) is 0 Å². The van der Waals surface area contributed by atoms with Crippen molar-refractivity contribution in [3.8, 4) is 0 Å². The van der Waals surface area contributed by atoms with Gasteiger partial charge in [0.2, 0.25) is 5.91 Å². The Morgan fingerprint density at radius 1 is 1.03 bits per heavy atom. The summed E-state index contributed by atoms with van der Waals surface area (Å²) in [5, 5.41) is 11.2. The molecule has 0 bridgehead atoms. The van der Waals surface area contributed by atoms with Crippen LogP contribution in [0.4, 0.5) is 11.5 Å². The van der Waals surface area contributed by atoms with Gasteiger partial charge in [0.25, 0.3) is 5.91 Å². The minimum atomic E-state index is -0.639. The number of rotatable bonds is 5. The number of likely N-dealkylation sites (N-methyl/N-ethyl adjacent to an activating group) is 1. The highest BCUT2D eigenvalue weighted by molar-refractivity contribution is 6.36. The molecule has 3 heterocycles. The second-order valence-electron chi connectivity index (χ2n) is 10.1. The lowest BCUT2D eigenvalue weighted by Gasteiger charge is -2.34. The number of aromatic nitrogens is 2. The van der Waals surface area contributed by atoms with Crippen LogP contribution in [0.3, 0.4) is 0 Å². The molecule has 1 aromatic heterocycles. The maximum absolute atomic E-state index is 13.3. The molecule has 2 aliphatic rings. The summed E-state index contributed by atoms with van der Waals surface area (Å²) in [5.41, 5.74) is 3.22. The number of amides is 2. The van der Waals surface area contributed by atoms with Gasteiger partial charge in [-0.3, -0.25) is 14.7 Å². The molecule has 5 rings (SSSR count). The fraction of sp³-hybridized carbons (Fsp3) is 0.370. The van der Waals surface area contributed by atoms with Crippen LogP contribution in [-0.4, -0.2) is 65.0 Å². The van der Waals surface area contributed by atoms with Crippen molar-refractivity contribution in [2.24, 2.45) is 0 Å². The number of nitrogens with zero attached hydrogens (tertiary/aromatic N) is 4. The SMILES string of the molecule is CN1CCN(c2ccc(C(=O)Nc3n[nH]c4c3CN(C(=O)Cc3c(Cl)cccc3Cl)C4(C)C)cc2)CC1. The van der Waals surface area contributed by atoms with Crippen molar-refractivity contribution in [3.63, 3.8) is 0 Å². The Balaban J connectivity index is 1.28. The van der Waals surface area contributed by atoms with Crippen molar-refractivity contribution in [3.05, 3.63) is 74.9 Å². The lowest BCUT2D eigenvalue weighted by molar-refractivity contribution is -0.135. The molecule has 1 fully saturated rings. The van der Waals surface area contributed by atoms with Gasteiger partial charge in [0, 0.05) is 53.0 Å². The van der Waals surface area contributed by atoms with E-state index >= 15 is 0 Å². The van der Waals surface area contributed by atoms with E-state index < -0.39 is 5.54 Å². The molecular formula is C27H30Cl2N6O2. The summed E-state index contributed by atoms with van der Waals surface area (Å²) in [4.78, 5) is 32.8. The van der Waals surface area contributed by atoms with Gasteiger partial charge in [-0.05, 0) is 62.9 Å². The number of aromatic amines is 1. The maximum atomic E-state index is 13.3. The molecule has 0 radical (unpaired) electrons. The van der Waals surface area contributed by atoms with Crippen LogP contribution < -0.4 is 10.2 Å². The van der Waals surface area contributed by atoms with Crippen LogP contribution >= 0.6 is 23.2 Å². The molecule has 0 spiro atoms. The highest BCUT2D eigenvalue weighted by Gasteiger charge is 2.43. The van der Waals surface area contributed by atoms with E-state index in [1.807, 2.05) is 38.1 Å². The minimum Gasteiger partial charge on any atom is -0.369 e. The number of nitrogens with one attached hydrogen (secondary N) is 2. The van der Waals surface area contributed by atoms with Gasteiger partial charge in [-0.2, -0.15) is 5.10 Å². The summed E-state index contributed by atoms with van der Waals surface area (Å²) in [6.07, 6.45) is 0.0843. The number of fused-ring (bicyclic) bond motifs is 1. The van der Waals surface area contributed by atoms with Crippen molar-refractivity contribution < 1.29 is 9.59 Å². The van der Waals surface area contributed by atoms with Crippen molar-refractivity contribution in [1.29, 1.82) is 0 Å². The zero-order chi connectivity index (χ0) is 26.3. The summed E-state index contributed by atoms with van der Waals surface area (Å²) in [6.45, 7) is 8.20. The minimum absolute atomic E-state index is 0.0843. The molecule has 0 aliphatic carbocycles. The Morgan fingerprint density at radius 2 is 1.68 bits per heavy atom. The predicted octanol–water partition coefficient (Wildman–Crippen LogP) is 4.54. The summed E-state index contributed by atoms with van der Waals surface area (Å²) >= 11 is 12.6. The molecule has 8 nitrogen and oxygen atoms in total. The van der Waals surface area contributed by atoms with Gasteiger partial charge in [-0.1, -0.05) is 29.3 Å². The zero-order valence-corrected chi connectivity index (χ0v) is 22.7. The van der Waals surface area contributed by atoms with Crippen molar-refractivity contribution in [2.75, 3.05) is 43.4 Å². The first-order valence-electron chi connectivity index (χ1n) is 12.3. The molecule has 0 saturated carbocycles. The van der Waals surface area contributed by atoms with Gasteiger partial charge in [-0.25, -0.2) is 0 Å². The van der Waals surface area contributed by atoms with E-state index in [1.54, 1.807) is 23.1 Å². The largest absolute Gasteiger partial charge is 0.369 e. The molecule has 0 atom stereocenters. The van der Waals surface area contributed by atoms with Crippen LogP contribution in [-0.2, 0) is 23.3 Å². The smallest absolute Gasteiger partial charge is 0.256 e. The highest BCUT2D eigenvalue weighted by atomic mass is 35.5. The van der Waals surface area contributed by atoms with Gasteiger partial charge in [0.15, 0.2) is 5.82 Å². The number of carbonyl (C=O) groups is 2. The summed E-state index contributed by atoms with van der Waals surface area (Å²) < 4.78 is 0. The molecule has 2 amide bonds. The zero-order valence-electron chi connectivity index (χ0n) is 21.1. The second kappa shape index (κ2) is 10.0. The summed E-state index contributed by atoms with van der Waals surface area (Å²) in [5.74, 6) is 0.0772. The monoisotopic (exact) mass is 540 g/mol. The van der Waals surface area contributed by atoms with Gasteiger partial charge in [-0.15, -0.1) is 0 Å². The van der Waals surface area contributed by atoms with Gasteiger partial charge in [0.05, 0.1) is 24.2 Å². The normalized spacial score (nSPS) is 17.1. The van der Waals surface area contributed by atoms with Gasteiger partial charge >= 0.3 is 0 Å². The Labute approximate surface area is 226 Å². The van der Waals surface area contributed by atoms with Crippen LogP contribution in [0.15, 0.2) is 42.5 Å². The molecule has 194 valence electrons. The molecule has 0 unspecified atom stereocenters. The van der Waals surface area contributed by atoms with Gasteiger partial charge < -0.3 is 20.0 Å². The molecule has 10 heteroatoms. The second-order valence-corrected chi connectivity index (χ2v) is 10.9. The van der Waals surface area contributed by atoms with E-state index in [9.17, 15) is 9.59 Å². The molecule has 2 aliphatic heterocycles. The third-order valence-corrected chi connectivity index (χ3v) is 8.10. The number of hydrogen-bond acceptors (Lipinski definition) is 5. The van der Waals surface area contributed by atoms with E-state index in [1.165, 1.54) is 0 Å². The molecule has 3 aromatic rings. The Kier molecular flexibility index (Phi) is 6.91. The number of benzene rings is 2. The first-order chi connectivity index (χ1) is 17.6. The Bertz CT molecular complexity index is 1310. The lowest BCUT2D eigenvalue weighted by Crippen LogP contribution is -2.44. The third kappa shape index (κ3) is 4.93. The average Bonchev–Trinajstić information content (AvgIpc) is 3.39. The maximum Gasteiger partial charge on any atom is 0.256 e. The van der Waals surface area contributed by atoms with E-state index in [4.69, 9.17) is 23.2 Å². The molecule has 2 aromatic carbocycles. The standard InChI is InChI=1S/C27H30Cl2N6O2/c1-27(2)24-20(16-35(27)23(36)15-19-21(28)5-4-6-22(19)29)25(32-31-24)30-26(37)17-7-9-18(10-8-17)34-13-11-33(3)12-14-34/h4-10H,11-16H2,1-3H3,(H2,30,31,32,37). The van der Waals surface area contributed by atoms with Crippen molar-refractivity contribution >= 4 is 46.5 Å². The first kappa shape index (κ1) is 25.6. The Hall–Kier alpha value is -3.07. The molecule has 1 saturated heterocycles. The molecular weight excluding hydrogens is 511 g/mol. The molecule has 37 heavy (non-hydrogen) atoms. The van der Waals surface area contributed by atoms with E-state index in [-0.39, 0.29) is 18.2 Å². The number of hydrogen-bond donors (Lipinski definition) is 2. The van der Waals surface area contributed by atoms with Crippen LogP contribution in [0, 0.1) is 0 Å². The lowest BCUT2D eigenvalue weighted by atomic mass is 10.00. The first-order valence-corrected chi connectivity index (χ1v) is 13.1. The van der Waals surface area contributed by atoms with E-state index in [0.717, 1.165) is 43.1 Å². The number of carbonyl (C=O) groups excluding carboxylic acids is 2. The molecule has 2 N–H and O–H groups in total. The fourth-order valence-electron chi connectivity index (χ4n) is 5.04. The average molecular weight is 541 g/mol. The number of H-pyrrole nitrogens is 1. The summed E-state index contributed by atoms with van der Waals surface area (Å²) in [6, 6.07) is 12.8. The van der Waals surface area contributed by atoms with E-state index in [0.29, 0.717) is 33.5 Å². The van der Waals surface area contributed by atoms with Gasteiger partial charge in [0.1, 0.15) is 0 Å². The Morgan fingerprint density at radius 3 is 2.32 bits per heavy atom. The number of anilines is 2. The quantitative estimate of drug-likeness (QED) is 0.496. The fourth-order valence-corrected chi connectivity index (χ4v) is 5.57. The topological polar surface area (TPSA) is 84.6 Å². The van der Waals surface area contributed by atoms with Crippen molar-refractivity contribution in [1.82, 2.24) is 20.0 Å². The number of halogens is 2. The van der Waals surface area contributed by atoms with Crippen molar-refractivity contribution in [2.45, 2.75) is 32.4 Å². The van der Waals surface area contributed by atoms with E-state index in [2.05, 4.69) is 32.4 Å². The van der Waals surface area contributed by atoms with Crippen LogP contribution in [0.2, 0.25) is 10.0 Å². The highest BCUT2D eigenvalue weighted by Crippen LogP contribution is 2.41. The summed E-state index contributed by atoms with van der Waals surface area (Å²) in [7, 11) is 2.13. The number of piperazine rings is 1. The third-order valence-electron chi connectivity index (χ3n) is 7.39. The predicted molar refractivity (Wildman–Crippen MR) is 146 cm³/mol.